The lowest BCUT2D eigenvalue weighted by molar-refractivity contribution is 0.630. The monoisotopic (exact) mass is 412 g/mol. The van der Waals surface area contributed by atoms with Gasteiger partial charge in [-0.2, -0.15) is 0 Å². The number of H-pyrrole nitrogens is 2. The topological polar surface area (TPSA) is 57.4 Å². The van der Waals surface area contributed by atoms with Gasteiger partial charge in [0.05, 0.1) is 27.3 Å². The van der Waals surface area contributed by atoms with Gasteiger partial charge in [0, 0.05) is 11.1 Å². The van der Waals surface area contributed by atoms with Crippen molar-refractivity contribution < 1.29 is 4.39 Å². The fourth-order valence-corrected chi connectivity index (χ4v) is 3.75. The normalized spacial score (nSPS) is 11.3. The summed E-state index contributed by atoms with van der Waals surface area (Å²) in [6.07, 6.45) is 0. The van der Waals surface area contributed by atoms with Gasteiger partial charge in [0.1, 0.15) is 25.3 Å². The van der Waals surface area contributed by atoms with E-state index in [0.717, 1.165) is 28.0 Å². The predicted molar refractivity (Wildman–Crippen MR) is 120 cm³/mol. The highest BCUT2D eigenvalue weighted by atomic mass is 35.5. The molecule has 0 bridgehead atoms. The van der Waals surface area contributed by atoms with Crippen LogP contribution in [0.5, 0.6) is 0 Å². The molecular weight excluding hydrogens is 398 g/mol. The average molecular weight is 413 g/mol. The van der Waals surface area contributed by atoms with Crippen molar-refractivity contribution >= 4 is 36.1 Å². The largest absolute Gasteiger partial charge is 0.351 e. The van der Waals surface area contributed by atoms with Gasteiger partial charge in [-0.25, -0.2) is 14.4 Å². The Bertz CT molecular complexity index is 1370. The van der Waals surface area contributed by atoms with E-state index in [1.165, 1.54) is 11.6 Å². The van der Waals surface area contributed by atoms with Crippen LogP contribution in [0.1, 0.15) is 5.56 Å². The quantitative estimate of drug-likeness (QED) is 0.401. The maximum absolute atomic E-state index is 14.2. The van der Waals surface area contributed by atoms with Crippen LogP contribution >= 0.6 is 11.6 Å². The molecule has 30 heavy (non-hydrogen) atoms. The van der Waals surface area contributed by atoms with Gasteiger partial charge in [0.2, 0.25) is 0 Å². The molecule has 0 spiro atoms. The van der Waals surface area contributed by atoms with Crippen LogP contribution in [-0.4, -0.2) is 27.8 Å². The van der Waals surface area contributed by atoms with E-state index in [1.54, 1.807) is 12.1 Å². The third-order valence-corrected chi connectivity index (χ3v) is 5.32. The molecule has 0 aliphatic carbocycles. The van der Waals surface area contributed by atoms with Crippen molar-refractivity contribution in [2.24, 2.45) is 0 Å². The summed E-state index contributed by atoms with van der Waals surface area (Å²) in [4.78, 5) is 15.4. The highest BCUT2D eigenvalue weighted by Gasteiger charge is 2.16. The van der Waals surface area contributed by atoms with Crippen LogP contribution in [0.2, 0.25) is 5.02 Å². The maximum Gasteiger partial charge on any atom is 0.142 e. The zero-order chi connectivity index (χ0) is 20.8. The van der Waals surface area contributed by atoms with E-state index in [1.807, 2.05) is 43.3 Å². The predicted octanol–water partition coefficient (Wildman–Crippen LogP) is 5.18. The molecule has 0 saturated carbocycles. The minimum absolute atomic E-state index is 0.200. The molecule has 0 aliphatic heterocycles. The number of aromatic amines is 2. The minimum Gasteiger partial charge on any atom is -0.351 e. The second-order valence-electron chi connectivity index (χ2n) is 7.13. The highest BCUT2D eigenvalue weighted by molar-refractivity contribution is 6.35. The zero-order valence-corrected chi connectivity index (χ0v) is 16.8. The van der Waals surface area contributed by atoms with Crippen molar-refractivity contribution in [2.45, 2.75) is 6.92 Å². The van der Waals surface area contributed by atoms with Gasteiger partial charge >= 0.3 is 0 Å². The molecule has 0 amide bonds. The van der Waals surface area contributed by atoms with Crippen LogP contribution in [0.25, 0.3) is 45.1 Å². The number of nitrogens with one attached hydrogen (secondary N) is 2. The molecule has 144 valence electrons. The van der Waals surface area contributed by atoms with Crippen molar-refractivity contribution in [3.63, 3.8) is 0 Å². The van der Waals surface area contributed by atoms with E-state index in [4.69, 9.17) is 19.4 Å². The lowest BCUT2D eigenvalue weighted by Gasteiger charge is -2.02. The van der Waals surface area contributed by atoms with Gasteiger partial charge < -0.3 is 9.97 Å². The average Bonchev–Trinajstić information content (AvgIpc) is 3.31. The van der Waals surface area contributed by atoms with Gasteiger partial charge in [-0.1, -0.05) is 48.0 Å². The number of nitrogens with zero attached hydrogens (tertiary/aromatic N) is 2. The van der Waals surface area contributed by atoms with E-state index in [2.05, 4.69) is 26.0 Å². The molecule has 5 aromatic rings. The number of fused-ring (bicyclic) bond motifs is 1. The van der Waals surface area contributed by atoms with Crippen molar-refractivity contribution in [1.82, 2.24) is 19.9 Å². The molecule has 0 atom stereocenters. The first-order chi connectivity index (χ1) is 14.5. The van der Waals surface area contributed by atoms with E-state index >= 15 is 0 Å². The number of hydrogen-bond donors (Lipinski definition) is 2. The third-order valence-electron chi connectivity index (χ3n) is 5.00. The SMILES string of the molecule is [B]c1[nH]c(-c2c(F)cccc2Cl)nc1-c1ccc(-c2nc3ccc(C)cc3[nH]2)cc1. The van der Waals surface area contributed by atoms with Crippen molar-refractivity contribution in [1.29, 1.82) is 0 Å². The molecule has 2 N–H and O–H groups in total. The number of halogens is 2. The summed E-state index contributed by atoms with van der Waals surface area (Å²) in [6.45, 7) is 2.05. The number of rotatable bonds is 3. The lowest BCUT2D eigenvalue weighted by atomic mass is 9.97. The standard InChI is InChI=1S/C23H15BClFN4/c1-12-5-10-17-18(11-12)28-22(27-17)14-8-6-13(7-9-14)20-21(24)30-23(29-20)19-15(25)3-2-4-16(19)26/h2-11H,1H3,(H,27,28)(H,29,30). The fraction of sp³-hybridized carbons (Fsp3) is 0.0435. The molecule has 0 unspecified atom stereocenters. The van der Waals surface area contributed by atoms with Crippen LogP contribution in [0.15, 0.2) is 60.7 Å². The van der Waals surface area contributed by atoms with Crippen molar-refractivity contribution in [3.8, 4) is 34.0 Å². The van der Waals surface area contributed by atoms with E-state index in [9.17, 15) is 4.39 Å². The van der Waals surface area contributed by atoms with Crippen LogP contribution in [-0.2, 0) is 0 Å². The summed E-state index contributed by atoms with van der Waals surface area (Å²) in [5, 5.41) is 0.269. The fourth-order valence-electron chi connectivity index (χ4n) is 3.50. The maximum atomic E-state index is 14.2. The van der Waals surface area contributed by atoms with Gasteiger partial charge in [0.25, 0.3) is 0 Å². The highest BCUT2D eigenvalue weighted by Crippen LogP contribution is 2.30. The molecule has 0 fully saturated rings. The van der Waals surface area contributed by atoms with Gasteiger partial charge in [0.15, 0.2) is 0 Å². The molecule has 0 saturated heterocycles. The number of hydrogen-bond acceptors (Lipinski definition) is 2. The van der Waals surface area contributed by atoms with E-state index in [-0.39, 0.29) is 10.6 Å². The van der Waals surface area contributed by atoms with Crippen molar-refractivity contribution in [3.05, 3.63) is 77.1 Å². The third kappa shape index (κ3) is 3.19. The van der Waals surface area contributed by atoms with Gasteiger partial charge in [-0.05, 0) is 42.3 Å². The zero-order valence-electron chi connectivity index (χ0n) is 16.0. The van der Waals surface area contributed by atoms with E-state index in [0.29, 0.717) is 17.1 Å². The first-order valence-electron chi connectivity index (χ1n) is 9.36. The summed E-state index contributed by atoms with van der Waals surface area (Å²) >= 11 is 6.15. The van der Waals surface area contributed by atoms with Crippen LogP contribution in [0.3, 0.4) is 0 Å². The summed E-state index contributed by atoms with van der Waals surface area (Å²) in [6, 6.07) is 18.3. The Morgan fingerprint density at radius 3 is 2.43 bits per heavy atom. The summed E-state index contributed by atoms with van der Waals surface area (Å²) in [5.74, 6) is 0.622. The molecular formula is C23H15BClFN4. The molecule has 4 nitrogen and oxygen atoms in total. The Kier molecular flexibility index (Phi) is 4.44. The minimum atomic E-state index is -0.460. The summed E-state index contributed by atoms with van der Waals surface area (Å²) in [5.41, 5.74) is 5.92. The molecule has 3 aromatic carbocycles. The Labute approximate surface area is 178 Å². The molecule has 2 radical (unpaired) electrons. The van der Waals surface area contributed by atoms with E-state index < -0.39 is 5.82 Å². The van der Waals surface area contributed by atoms with Crippen LogP contribution in [0, 0.1) is 12.7 Å². The number of imidazole rings is 2. The van der Waals surface area contributed by atoms with Crippen LogP contribution in [0.4, 0.5) is 4.39 Å². The molecule has 2 aromatic heterocycles. The Hall–Kier alpha value is -3.38. The Morgan fingerprint density at radius 1 is 0.900 bits per heavy atom. The van der Waals surface area contributed by atoms with Crippen LogP contribution < -0.4 is 5.59 Å². The Morgan fingerprint density at radius 2 is 1.67 bits per heavy atom. The second-order valence-corrected chi connectivity index (χ2v) is 7.53. The smallest absolute Gasteiger partial charge is 0.142 e. The van der Waals surface area contributed by atoms with Gasteiger partial charge in [-0.3, -0.25) is 0 Å². The Balaban J connectivity index is 1.50. The second kappa shape index (κ2) is 7.15. The summed E-state index contributed by atoms with van der Waals surface area (Å²) < 4.78 is 14.2. The number of aromatic nitrogens is 4. The number of benzene rings is 3. The first-order valence-corrected chi connectivity index (χ1v) is 9.74. The van der Waals surface area contributed by atoms with Gasteiger partial charge in [-0.15, -0.1) is 0 Å². The molecule has 5 rings (SSSR count). The van der Waals surface area contributed by atoms with Crippen molar-refractivity contribution in [2.75, 3.05) is 0 Å². The lowest BCUT2D eigenvalue weighted by Crippen LogP contribution is -2.06. The molecule has 7 heteroatoms. The first kappa shape index (κ1) is 18.6. The molecule has 2 heterocycles. The summed E-state index contributed by atoms with van der Waals surface area (Å²) in [7, 11) is 6.12. The molecule has 0 aliphatic rings. The number of aryl methyl sites for hydroxylation is 1.